The number of carbonyl (C=O) groups excluding carboxylic acids is 2. The highest BCUT2D eigenvalue weighted by Gasteiger charge is 2.80. The number of carbonyl (C=O) groups is 2. The SMILES string of the molecule is COc1ccc2nc(OC)c([C@@H]3[C@H]4CSCN4[C@]4(C(=O)c5cccc6cccc4c56)[C@@]34C(=O)Nc3ccccc34)cc2c1. The fourth-order valence-corrected chi connectivity index (χ4v) is 10.0. The second-order valence-electron chi connectivity index (χ2n) is 11.7. The van der Waals surface area contributed by atoms with Gasteiger partial charge in [-0.25, -0.2) is 4.98 Å². The number of amides is 1. The average molecular weight is 586 g/mol. The Balaban J connectivity index is 1.44. The van der Waals surface area contributed by atoms with Crippen molar-refractivity contribution >= 4 is 50.8 Å². The van der Waals surface area contributed by atoms with Gasteiger partial charge in [0.2, 0.25) is 11.8 Å². The summed E-state index contributed by atoms with van der Waals surface area (Å²) >= 11 is 1.80. The predicted octanol–water partition coefficient (Wildman–Crippen LogP) is 5.86. The third-order valence-electron chi connectivity index (χ3n) is 10.1. The highest BCUT2D eigenvalue weighted by Crippen LogP contribution is 2.71. The Labute approximate surface area is 252 Å². The van der Waals surface area contributed by atoms with Crippen LogP contribution in [0.25, 0.3) is 21.7 Å². The Bertz CT molecular complexity index is 2060. The zero-order valence-corrected chi connectivity index (χ0v) is 24.4. The van der Waals surface area contributed by atoms with Crippen LogP contribution in [0.15, 0.2) is 84.9 Å². The van der Waals surface area contributed by atoms with Crippen LogP contribution in [-0.4, -0.2) is 53.5 Å². The zero-order chi connectivity index (χ0) is 29.1. The number of benzene rings is 4. The largest absolute Gasteiger partial charge is 0.497 e. The molecular weight excluding hydrogens is 558 g/mol. The van der Waals surface area contributed by atoms with Crippen molar-refractivity contribution in [3.63, 3.8) is 0 Å². The highest BCUT2D eigenvalue weighted by molar-refractivity contribution is 7.99. The van der Waals surface area contributed by atoms with Crippen molar-refractivity contribution in [3.8, 4) is 11.6 Å². The fourth-order valence-electron chi connectivity index (χ4n) is 8.70. The molecule has 43 heavy (non-hydrogen) atoms. The number of rotatable bonds is 3. The van der Waals surface area contributed by atoms with Gasteiger partial charge in [-0.15, -0.1) is 11.8 Å². The number of thioether (sulfide) groups is 1. The molecule has 2 spiro atoms. The molecule has 5 aromatic rings. The van der Waals surface area contributed by atoms with E-state index in [1.165, 1.54) is 0 Å². The van der Waals surface area contributed by atoms with Gasteiger partial charge in [-0.1, -0.05) is 54.6 Å². The summed E-state index contributed by atoms with van der Waals surface area (Å²) in [7, 11) is 3.27. The lowest BCUT2D eigenvalue weighted by molar-refractivity contribution is -0.123. The van der Waals surface area contributed by atoms with E-state index in [1.807, 2.05) is 60.7 Å². The van der Waals surface area contributed by atoms with Gasteiger partial charge in [-0.05, 0) is 52.2 Å². The summed E-state index contributed by atoms with van der Waals surface area (Å²) in [5.41, 5.74) is 2.23. The van der Waals surface area contributed by atoms with Gasteiger partial charge in [0.15, 0.2) is 5.78 Å². The molecule has 1 N–H and O–H groups in total. The zero-order valence-electron chi connectivity index (χ0n) is 23.6. The molecule has 4 aromatic carbocycles. The number of para-hydroxylation sites is 1. The fraction of sp³-hybridized carbons (Fsp3) is 0.229. The van der Waals surface area contributed by atoms with Crippen molar-refractivity contribution in [1.29, 1.82) is 0 Å². The Morgan fingerprint density at radius 3 is 2.56 bits per heavy atom. The maximum atomic E-state index is 15.3. The Hall–Kier alpha value is -4.40. The molecule has 9 rings (SSSR count). The van der Waals surface area contributed by atoms with Crippen molar-refractivity contribution < 1.29 is 19.1 Å². The van der Waals surface area contributed by atoms with E-state index < -0.39 is 16.9 Å². The minimum absolute atomic E-state index is 0.0180. The first kappa shape index (κ1) is 25.1. The summed E-state index contributed by atoms with van der Waals surface area (Å²) in [6.45, 7) is 0. The van der Waals surface area contributed by atoms with E-state index in [2.05, 4.69) is 34.5 Å². The molecule has 0 unspecified atom stereocenters. The summed E-state index contributed by atoms with van der Waals surface area (Å²) in [6, 6.07) is 27.6. The molecule has 3 aliphatic heterocycles. The lowest BCUT2D eigenvalue weighted by Crippen LogP contribution is -2.60. The van der Waals surface area contributed by atoms with Crippen LogP contribution in [0.4, 0.5) is 5.69 Å². The van der Waals surface area contributed by atoms with Crippen LogP contribution in [0, 0.1) is 0 Å². The van der Waals surface area contributed by atoms with Crippen LogP contribution in [0.5, 0.6) is 11.6 Å². The molecule has 4 heterocycles. The molecule has 4 atom stereocenters. The summed E-state index contributed by atoms with van der Waals surface area (Å²) in [5.74, 6) is 1.97. The van der Waals surface area contributed by atoms with Gasteiger partial charge in [-0.3, -0.25) is 14.5 Å². The number of hydrogen-bond acceptors (Lipinski definition) is 7. The van der Waals surface area contributed by atoms with Crippen LogP contribution in [-0.2, 0) is 15.7 Å². The van der Waals surface area contributed by atoms with E-state index in [1.54, 1.807) is 26.0 Å². The molecule has 0 bridgehead atoms. The number of Topliss-reactive ketones (excluding diaryl/α,β-unsaturated/α-hetero) is 1. The third-order valence-corrected chi connectivity index (χ3v) is 11.2. The second-order valence-corrected chi connectivity index (χ2v) is 12.7. The molecule has 2 saturated heterocycles. The number of pyridine rings is 1. The molecule has 4 aliphatic rings. The van der Waals surface area contributed by atoms with E-state index >= 15 is 9.59 Å². The molecule has 1 amide bonds. The van der Waals surface area contributed by atoms with Crippen molar-refractivity contribution in [2.24, 2.45) is 0 Å². The molecule has 8 heteroatoms. The normalized spacial score (nSPS) is 26.9. The molecular formula is C35H27N3O4S. The number of hydrogen-bond donors (Lipinski definition) is 1. The summed E-state index contributed by atoms with van der Waals surface area (Å²) in [5, 5.41) is 6.07. The molecule has 1 aliphatic carbocycles. The molecule has 212 valence electrons. The molecule has 2 fully saturated rings. The van der Waals surface area contributed by atoms with Crippen molar-refractivity contribution in [1.82, 2.24) is 9.88 Å². The molecule has 1 aromatic heterocycles. The van der Waals surface area contributed by atoms with Gasteiger partial charge in [0.25, 0.3) is 0 Å². The van der Waals surface area contributed by atoms with Gasteiger partial charge in [0, 0.05) is 45.8 Å². The lowest BCUT2D eigenvalue weighted by Gasteiger charge is -2.45. The number of anilines is 1. The number of methoxy groups -OCH3 is 2. The first-order valence-corrected chi connectivity index (χ1v) is 15.6. The monoisotopic (exact) mass is 585 g/mol. The smallest absolute Gasteiger partial charge is 0.238 e. The van der Waals surface area contributed by atoms with Crippen LogP contribution in [0.1, 0.15) is 33.0 Å². The van der Waals surface area contributed by atoms with Gasteiger partial charge in [-0.2, -0.15) is 0 Å². The van der Waals surface area contributed by atoms with E-state index in [0.717, 1.165) is 55.6 Å². The minimum Gasteiger partial charge on any atom is -0.497 e. The first-order chi connectivity index (χ1) is 21.0. The highest BCUT2D eigenvalue weighted by atomic mass is 32.2. The summed E-state index contributed by atoms with van der Waals surface area (Å²) < 4.78 is 11.6. The first-order valence-electron chi connectivity index (χ1n) is 14.4. The van der Waals surface area contributed by atoms with Gasteiger partial charge < -0.3 is 14.8 Å². The molecule has 7 nitrogen and oxygen atoms in total. The predicted molar refractivity (Wildman–Crippen MR) is 167 cm³/mol. The number of nitrogens with zero attached hydrogens (tertiary/aromatic N) is 2. The Morgan fingerprint density at radius 1 is 0.907 bits per heavy atom. The number of aromatic nitrogens is 1. The van der Waals surface area contributed by atoms with E-state index in [4.69, 9.17) is 14.5 Å². The van der Waals surface area contributed by atoms with Crippen LogP contribution >= 0.6 is 11.8 Å². The number of nitrogens with one attached hydrogen (secondary N) is 1. The van der Waals surface area contributed by atoms with Crippen LogP contribution in [0.2, 0.25) is 0 Å². The summed E-state index contributed by atoms with van der Waals surface area (Å²) in [6.07, 6.45) is 0. The number of ketones is 1. The van der Waals surface area contributed by atoms with Crippen molar-refractivity contribution in [2.75, 3.05) is 31.2 Å². The standard InChI is InChI=1S/C35H27N3O4S/c1-41-21-13-14-26-20(15-21)16-23(32(36-26)42-2)30-28-17-43-18-38(28)35(34(30)24-10-3-4-12-27(24)37-33(34)40)25-11-6-8-19-7-5-9-22(29(19)25)31(35)39/h3-16,28,30H,17-18H2,1-2H3,(H,37,40)/t28-,30-,34-,35-/m1/s1. The Morgan fingerprint density at radius 2 is 1.72 bits per heavy atom. The van der Waals surface area contributed by atoms with Gasteiger partial charge >= 0.3 is 0 Å². The van der Waals surface area contributed by atoms with Gasteiger partial charge in [0.1, 0.15) is 16.7 Å². The maximum Gasteiger partial charge on any atom is 0.238 e. The number of ether oxygens (including phenoxy) is 2. The van der Waals surface area contributed by atoms with Crippen LogP contribution < -0.4 is 14.8 Å². The molecule has 0 radical (unpaired) electrons. The Kier molecular flexibility index (Phi) is 5.02. The van der Waals surface area contributed by atoms with Gasteiger partial charge in [0.05, 0.1) is 19.7 Å². The van der Waals surface area contributed by atoms with Crippen molar-refractivity contribution in [2.45, 2.75) is 22.9 Å². The lowest BCUT2D eigenvalue weighted by atomic mass is 9.57. The molecule has 0 saturated carbocycles. The topological polar surface area (TPSA) is 80.8 Å². The maximum absolute atomic E-state index is 15.3. The van der Waals surface area contributed by atoms with E-state index in [-0.39, 0.29) is 17.7 Å². The van der Waals surface area contributed by atoms with E-state index in [0.29, 0.717) is 17.3 Å². The van der Waals surface area contributed by atoms with E-state index in [9.17, 15) is 0 Å². The quantitative estimate of drug-likeness (QED) is 0.284. The van der Waals surface area contributed by atoms with Crippen molar-refractivity contribution in [3.05, 3.63) is 107 Å². The average Bonchev–Trinajstić information content (AvgIpc) is 3.76. The second kappa shape index (κ2) is 8.58. The minimum atomic E-state index is -1.28. The third kappa shape index (κ3) is 2.79. The number of fused-ring (bicyclic) bond motifs is 7. The summed E-state index contributed by atoms with van der Waals surface area (Å²) in [4.78, 5) is 37.6. The van der Waals surface area contributed by atoms with Crippen LogP contribution in [0.3, 0.4) is 0 Å².